The molecule has 0 bridgehead atoms. The van der Waals surface area contributed by atoms with Crippen molar-refractivity contribution in [3.8, 4) is 23.1 Å². The number of carbonyl (C=O) groups is 1. The van der Waals surface area contributed by atoms with Gasteiger partial charge in [0.15, 0.2) is 5.82 Å². The molecule has 2 aromatic heterocycles. The molecule has 1 unspecified atom stereocenters. The molecule has 0 saturated carbocycles. The van der Waals surface area contributed by atoms with Crippen LogP contribution in [0, 0.1) is 30.6 Å². The number of aromatic nitrogens is 3. The third kappa shape index (κ3) is 3.27. The molecule has 1 aromatic carbocycles. The zero-order chi connectivity index (χ0) is 19.8. The van der Waals surface area contributed by atoms with Gasteiger partial charge in [0.1, 0.15) is 17.3 Å². The summed E-state index contributed by atoms with van der Waals surface area (Å²) in [5.41, 5.74) is 9.89. The molecule has 2 N–H and O–H groups in total. The van der Waals surface area contributed by atoms with Crippen molar-refractivity contribution in [2.24, 2.45) is 11.8 Å². The van der Waals surface area contributed by atoms with Crippen molar-refractivity contribution in [1.82, 2.24) is 19.9 Å². The molecule has 1 aliphatic rings. The number of rotatable bonds is 1. The van der Waals surface area contributed by atoms with Gasteiger partial charge in [-0.15, -0.1) is 0 Å². The average Bonchev–Trinajstić information content (AvgIpc) is 2.91. The van der Waals surface area contributed by atoms with E-state index in [1.807, 2.05) is 43.4 Å². The molecule has 0 aliphatic carbocycles. The van der Waals surface area contributed by atoms with Crippen LogP contribution in [0.15, 0.2) is 36.4 Å². The molecule has 140 valence electrons. The van der Waals surface area contributed by atoms with Crippen LogP contribution >= 0.6 is 0 Å². The first kappa shape index (κ1) is 17.9. The summed E-state index contributed by atoms with van der Waals surface area (Å²) in [7, 11) is 1.82. The number of amides is 1. The Morgan fingerprint density at radius 3 is 2.75 bits per heavy atom. The summed E-state index contributed by atoms with van der Waals surface area (Å²) in [6, 6.07) is 11.6. The number of pyridine rings is 1. The van der Waals surface area contributed by atoms with Gasteiger partial charge in [0.05, 0.1) is 11.2 Å². The Morgan fingerprint density at radius 2 is 2.00 bits per heavy atom. The van der Waals surface area contributed by atoms with Crippen LogP contribution in [0.4, 0.5) is 5.82 Å². The van der Waals surface area contributed by atoms with E-state index in [4.69, 9.17) is 5.73 Å². The Morgan fingerprint density at radius 1 is 1.18 bits per heavy atom. The second kappa shape index (κ2) is 6.93. The normalized spacial score (nSPS) is 19.0. The number of aryl methyl sites for hydroxylation is 1. The number of hydrogen-bond acceptors (Lipinski definition) is 5. The van der Waals surface area contributed by atoms with Crippen molar-refractivity contribution >= 4 is 22.8 Å². The van der Waals surface area contributed by atoms with Crippen molar-refractivity contribution in [2.75, 3.05) is 19.3 Å². The summed E-state index contributed by atoms with van der Waals surface area (Å²) in [6.45, 7) is 4.62. The Bertz CT molecular complexity index is 1140. The number of benzene rings is 1. The van der Waals surface area contributed by atoms with E-state index in [0.717, 1.165) is 28.9 Å². The van der Waals surface area contributed by atoms with Crippen LogP contribution in [-0.4, -0.2) is 39.4 Å². The van der Waals surface area contributed by atoms with Gasteiger partial charge < -0.3 is 10.6 Å². The Labute approximate surface area is 163 Å². The lowest BCUT2D eigenvalue weighted by Gasteiger charge is -2.06. The quantitative estimate of drug-likeness (QED) is 0.665. The topological polar surface area (TPSA) is 85.0 Å². The molecule has 0 radical (unpaired) electrons. The molecule has 4 rings (SSSR count). The molecule has 28 heavy (non-hydrogen) atoms. The van der Waals surface area contributed by atoms with Gasteiger partial charge in [0.2, 0.25) is 5.91 Å². The van der Waals surface area contributed by atoms with Crippen molar-refractivity contribution < 1.29 is 4.79 Å². The van der Waals surface area contributed by atoms with Crippen molar-refractivity contribution in [3.05, 3.63) is 47.8 Å². The van der Waals surface area contributed by atoms with E-state index in [1.165, 1.54) is 0 Å². The van der Waals surface area contributed by atoms with Crippen LogP contribution in [-0.2, 0) is 4.79 Å². The number of carbonyl (C=O) groups excluding carboxylic acids is 1. The van der Waals surface area contributed by atoms with E-state index < -0.39 is 0 Å². The van der Waals surface area contributed by atoms with E-state index in [2.05, 4.69) is 33.7 Å². The summed E-state index contributed by atoms with van der Waals surface area (Å²) in [4.78, 5) is 27.1. The predicted octanol–water partition coefficient (Wildman–Crippen LogP) is 2.66. The summed E-state index contributed by atoms with van der Waals surface area (Å²) in [5, 5.41) is 0. The van der Waals surface area contributed by atoms with Crippen LogP contribution < -0.4 is 5.73 Å². The fourth-order valence-corrected chi connectivity index (χ4v) is 3.55. The molecule has 1 aliphatic heterocycles. The fraction of sp³-hybridized carbons (Fsp3) is 0.273. The van der Waals surface area contributed by atoms with Gasteiger partial charge in [0.25, 0.3) is 0 Å². The standard InChI is InChI=1S/C22H21N5O/c1-13-12-27(3)22(28)17(13)8-7-15-5-4-6-16(11-15)18-9-10-19-20(26-18)21(23)25-14(2)24-19/h4-6,9-11,13,17H,12H2,1-3H3,(H2,23,24,25)/t13?,17-/m0/s1. The average molecular weight is 371 g/mol. The maximum atomic E-state index is 12.2. The lowest BCUT2D eigenvalue weighted by molar-refractivity contribution is -0.128. The number of nitrogen functional groups attached to an aromatic ring is 1. The summed E-state index contributed by atoms with van der Waals surface area (Å²) >= 11 is 0. The molecule has 1 fully saturated rings. The molecule has 6 nitrogen and oxygen atoms in total. The molecule has 1 saturated heterocycles. The van der Waals surface area contributed by atoms with Crippen LogP contribution in [0.3, 0.4) is 0 Å². The highest BCUT2D eigenvalue weighted by Gasteiger charge is 2.34. The molecule has 2 atom stereocenters. The number of fused-ring (bicyclic) bond motifs is 1. The monoisotopic (exact) mass is 371 g/mol. The van der Waals surface area contributed by atoms with E-state index in [-0.39, 0.29) is 17.7 Å². The highest BCUT2D eigenvalue weighted by atomic mass is 16.2. The molecule has 3 heterocycles. The number of anilines is 1. The van der Waals surface area contributed by atoms with Crippen LogP contribution in [0.2, 0.25) is 0 Å². The van der Waals surface area contributed by atoms with Gasteiger partial charge in [-0.1, -0.05) is 30.9 Å². The Kier molecular flexibility index (Phi) is 4.44. The highest BCUT2D eigenvalue weighted by Crippen LogP contribution is 2.24. The van der Waals surface area contributed by atoms with Crippen LogP contribution in [0.1, 0.15) is 18.3 Å². The summed E-state index contributed by atoms with van der Waals surface area (Å²) in [6.07, 6.45) is 0. The molecule has 6 heteroatoms. The van der Waals surface area contributed by atoms with E-state index in [0.29, 0.717) is 17.2 Å². The lowest BCUT2D eigenvalue weighted by Crippen LogP contribution is -2.21. The second-order valence-corrected chi connectivity index (χ2v) is 7.24. The number of nitrogens with zero attached hydrogens (tertiary/aromatic N) is 4. The molecule has 3 aromatic rings. The number of likely N-dealkylation sites (tertiary alicyclic amines) is 1. The smallest absolute Gasteiger partial charge is 0.237 e. The number of nitrogens with two attached hydrogens (primary N) is 1. The summed E-state index contributed by atoms with van der Waals surface area (Å²) in [5.74, 6) is 7.40. The van der Waals surface area contributed by atoms with Gasteiger partial charge in [-0.2, -0.15) is 0 Å². The minimum absolute atomic E-state index is 0.0955. The first-order valence-corrected chi connectivity index (χ1v) is 9.20. The zero-order valence-corrected chi connectivity index (χ0v) is 16.1. The SMILES string of the molecule is Cc1nc(N)c2nc(-c3cccc(C#C[C@@H]4C(=O)N(C)CC4C)c3)ccc2n1. The maximum absolute atomic E-state index is 12.2. The second-order valence-electron chi connectivity index (χ2n) is 7.24. The minimum Gasteiger partial charge on any atom is -0.382 e. The lowest BCUT2D eigenvalue weighted by atomic mass is 9.97. The third-order valence-corrected chi connectivity index (χ3v) is 4.98. The third-order valence-electron chi connectivity index (χ3n) is 4.98. The molecule has 1 amide bonds. The van der Waals surface area contributed by atoms with Crippen LogP contribution in [0.25, 0.3) is 22.3 Å². The van der Waals surface area contributed by atoms with Gasteiger partial charge in [0, 0.05) is 24.7 Å². The zero-order valence-electron chi connectivity index (χ0n) is 16.1. The Balaban J connectivity index is 1.68. The van der Waals surface area contributed by atoms with Crippen molar-refractivity contribution in [2.45, 2.75) is 13.8 Å². The van der Waals surface area contributed by atoms with E-state index in [1.54, 1.807) is 11.8 Å². The van der Waals surface area contributed by atoms with E-state index in [9.17, 15) is 4.79 Å². The molecular weight excluding hydrogens is 350 g/mol. The van der Waals surface area contributed by atoms with Gasteiger partial charge in [-0.3, -0.25) is 4.79 Å². The van der Waals surface area contributed by atoms with Gasteiger partial charge in [-0.25, -0.2) is 15.0 Å². The minimum atomic E-state index is -0.243. The first-order chi connectivity index (χ1) is 13.4. The van der Waals surface area contributed by atoms with Gasteiger partial charge >= 0.3 is 0 Å². The number of hydrogen-bond donors (Lipinski definition) is 1. The van der Waals surface area contributed by atoms with Gasteiger partial charge in [-0.05, 0) is 37.1 Å². The predicted molar refractivity (Wildman–Crippen MR) is 109 cm³/mol. The highest BCUT2D eigenvalue weighted by molar-refractivity contribution is 5.86. The van der Waals surface area contributed by atoms with E-state index >= 15 is 0 Å². The molecular formula is C22H21N5O. The Hall–Kier alpha value is -3.46. The maximum Gasteiger partial charge on any atom is 0.237 e. The summed E-state index contributed by atoms with van der Waals surface area (Å²) < 4.78 is 0. The fourth-order valence-electron chi connectivity index (χ4n) is 3.55. The molecule has 0 spiro atoms. The first-order valence-electron chi connectivity index (χ1n) is 9.20. The van der Waals surface area contributed by atoms with Crippen molar-refractivity contribution in [1.29, 1.82) is 0 Å². The largest absolute Gasteiger partial charge is 0.382 e. The van der Waals surface area contributed by atoms with Crippen LogP contribution in [0.5, 0.6) is 0 Å². The van der Waals surface area contributed by atoms with Crippen molar-refractivity contribution in [3.63, 3.8) is 0 Å².